The Labute approximate surface area is 286 Å². The lowest BCUT2D eigenvalue weighted by molar-refractivity contribution is -0.156. The fourth-order valence-corrected chi connectivity index (χ4v) is 8.27. The zero-order valence-corrected chi connectivity index (χ0v) is 31.8. The number of thiazole rings is 1. The molecule has 2 heterocycles. The van der Waals surface area contributed by atoms with Gasteiger partial charge in [-0.3, -0.25) is 9.59 Å². The van der Waals surface area contributed by atoms with Crippen LogP contribution in [0.25, 0.3) is 10.2 Å². The Morgan fingerprint density at radius 1 is 1.23 bits per heavy atom. The van der Waals surface area contributed by atoms with E-state index >= 15 is 0 Å². The average Bonchev–Trinajstić information content (AvgIpc) is 3.34. The molecule has 0 spiro atoms. The first-order valence-corrected chi connectivity index (χ1v) is 20.4. The number of rotatable bonds is 6. The maximum absolute atomic E-state index is 14.7. The van der Waals surface area contributed by atoms with E-state index in [9.17, 15) is 19.5 Å². The second-order valence-electron chi connectivity index (χ2n) is 15.2. The van der Waals surface area contributed by atoms with Crippen LogP contribution in [-0.2, 0) is 23.5 Å². The van der Waals surface area contributed by atoms with E-state index in [0.717, 1.165) is 40.1 Å². The van der Waals surface area contributed by atoms with Crippen molar-refractivity contribution in [2.24, 2.45) is 17.3 Å². The molecule has 1 N–H and O–H groups in total. The predicted molar refractivity (Wildman–Crippen MR) is 191 cm³/mol. The minimum absolute atomic E-state index is 0.0411. The normalized spacial score (nSPS) is 26.7. The number of benzene rings is 1. The number of carbonyl (C=O) groups is 3. The summed E-state index contributed by atoms with van der Waals surface area (Å²) in [5, 5.41) is 10.6. The number of allylic oxidation sites excluding steroid dienone is 2. The maximum Gasteiger partial charge on any atom is 0.506 e. The molecule has 260 valence electrons. The van der Waals surface area contributed by atoms with Gasteiger partial charge in [0.05, 0.1) is 33.2 Å². The molecule has 0 aliphatic carbocycles. The van der Waals surface area contributed by atoms with Crippen LogP contribution in [-0.4, -0.2) is 48.5 Å². The smallest absolute Gasteiger partial charge is 0.457 e. The standard InChI is InChI=1S/C37H55NO7SSi/c1-12-14-27-33(45-47(10,11)36(5,6)7)24(3)16-13-15-23(2)17-19-29(26-18-20-30-28(21-26)38-25(4)46-30)43-32(39)22-31(44-35(41)42)37(8,9)34(27)40/h12,17-18,20-21,24,27,29,31,33H,1,13-16,19,22H2,2-11H3,(H,41,42)/b23-17-/t24-,27+,29-,31-,33-/m0/s1. The lowest BCUT2D eigenvalue weighted by Gasteiger charge is -2.45. The van der Waals surface area contributed by atoms with Crippen LogP contribution in [0.2, 0.25) is 18.1 Å². The Morgan fingerprint density at radius 3 is 2.53 bits per heavy atom. The van der Waals surface area contributed by atoms with Crippen molar-refractivity contribution < 1.29 is 33.4 Å². The highest BCUT2D eigenvalue weighted by molar-refractivity contribution is 7.18. The molecular weight excluding hydrogens is 631 g/mol. The molecule has 1 aliphatic rings. The number of carbonyl (C=O) groups excluding carboxylic acids is 2. The van der Waals surface area contributed by atoms with Crippen molar-refractivity contribution in [3.63, 3.8) is 0 Å². The van der Waals surface area contributed by atoms with Gasteiger partial charge in [-0.05, 0) is 95.1 Å². The number of carboxylic acid groups (broad SMARTS) is 1. The Morgan fingerprint density at radius 2 is 1.91 bits per heavy atom. The zero-order chi connectivity index (χ0) is 35.3. The number of nitrogens with zero attached hydrogens (tertiary/aromatic N) is 1. The highest BCUT2D eigenvalue weighted by Crippen LogP contribution is 2.43. The molecule has 0 unspecified atom stereocenters. The largest absolute Gasteiger partial charge is 0.506 e. The topological polar surface area (TPSA) is 112 Å². The van der Waals surface area contributed by atoms with Crippen LogP contribution < -0.4 is 0 Å². The SMILES string of the molecule is C=CC[C@H]1C(=O)C(C)(C)[C@@H](OC(=O)O)CC(=O)O[C@H](c2ccc3sc(C)nc3c2)C/C=C(/C)CCC[C@H](C)[C@@H]1O[Si](C)(C)C(C)(C)C. The van der Waals surface area contributed by atoms with Crippen LogP contribution in [0.1, 0.15) is 104 Å². The van der Waals surface area contributed by atoms with Crippen molar-refractivity contribution in [2.45, 2.75) is 130 Å². The van der Waals surface area contributed by atoms with Gasteiger partial charge in [-0.15, -0.1) is 17.9 Å². The monoisotopic (exact) mass is 685 g/mol. The average molecular weight is 686 g/mol. The van der Waals surface area contributed by atoms with Crippen LogP contribution in [0.3, 0.4) is 0 Å². The first-order valence-electron chi connectivity index (χ1n) is 16.7. The summed E-state index contributed by atoms with van der Waals surface area (Å²) in [6.07, 6.45) is 3.00. The summed E-state index contributed by atoms with van der Waals surface area (Å²) in [4.78, 5) is 44.9. The third-order valence-corrected chi connectivity index (χ3v) is 15.5. The van der Waals surface area contributed by atoms with E-state index < -0.39 is 56.5 Å². The third kappa shape index (κ3) is 9.86. The summed E-state index contributed by atoms with van der Waals surface area (Å²) in [6.45, 7) is 24.4. The van der Waals surface area contributed by atoms with Gasteiger partial charge in [-0.25, -0.2) is 9.78 Å². The van der Waals surface area contributed by atoms with Crippen LogP contribution in [0, 0.1) is 24.2 Å². The van der Waals surface area contributed by atoms with E-state index in [2.05, 4.69) is 65.4 Å². The number of aromatic nitrogens is 1. The highest BCUT2D eigenvalue weighted by Gasteiger charge is 2.49. The Balaban J connectivity index is 2.09. The van der Waals surface area contributed by atoms with Crippen molar-refractivity contribution in [3.05, 3.63) is 53.1 Å². The summed E-state index contributed by atoms with van der Waals surface area (Å²) < 4.78 is 19.5. The van der Waals surface area contributed by atoms with E-state index in [-0.39, 0.29) is 16.7 Å². The van der Waals surface area contributed by atoms with E-state index in [0.29, 0.717) is 12.8 Å². The van der Waals surface area contributed by atoms with E-state index in [1.54, 1.807) is 31.3 Å². The first kappa shape index (κ1) is 38.6. The molecule has 3 rings (SSSR count). The van der Waals surface area contributed by atoms with Gasteiger partial charge in [0.15, 0.2) is 8.32 Å². The number of ketones is 1. The molecule has 1 aromatic heterocycles. The van der Waals surface area contributed by atoms with Crippen molar-refractivity contribution >= 4 is 47.8 Å². The molecule has 47 heavy (non-hydrogen) atoms. The molecule has 8 nitrogen and oxygen atoms in total. The molecule has 5 atom stereocenters. The number of Topliss-reactive ketones (excluding diaryl/α,β-unsaturated/α-hetero) is 1. The van der Waals surface area contributed by atoms with Crippen LogP contribution in [0.4, 0.5) is 4.79 Å². The van der Waals surface area contributed by atoms with Gasteiger partial charge in [-0.2, -0.15) is 0 Å². The summed E-state index contributed by atoms with van der Waals surface area (Å²) in [5.41, 5.74) is 1.46. The zero-order valence-electron chi connectivity index (χ0n) is 30.0. The van der Waals surface area contributed by atoms with Gasteiger partial charge in [0.1, 0.15) is 18.0 Å². The Hall–Kier alpha value is -2.82. The molecule has 0 fully saturated rings. The lowest BCUT2D eigenvalue weighted by atomic mass is 9.71. The quantitative estimate of drug-likeness (QED) is 0.182. The summed E-state index contributed by atoms with van der Waals surface area (Å²) in [6, 6.07) is 5.88. The molecule has 0 bridgehead atoms. The van der Waals surface area contributed by atoms with Crippen LogP contribution in [0.15, 0.2) is 42.5 Å². The van der Waals surface area contributed by atoms with Crippen molar-refractivity contribution in [1.82, 2.24) is 4.98 Å². The Kier molecular flexibility index (Phi) is 12.8. The molecule has 0 saturated carbocycles. The molecule has 1 aromatic carbocycles. The van der Waals surface area contributed by atoms with E-state index in [4.69, 9.17) is 13.9 Å². The highest BCUT2D eigenvalue weighted by atomic mass is 32.1. The number of hydrogen-bond acceptors (Lipinski definition) is 8. The van der Waals surface area contributed by atoms with Crippen molar-refractivity contribution in [3.8, 4) is 0 Å². The second-order valence-corrected chi connectivity index (χ2v) is 21.2. The molecule has 0 saturated heterocycles. The molecule has 2 aromatic rings. The van der Waals surface area contributed by atoms with Gasteiger partial charge >= 0.3 is 12.1 Å². The van der Waals surface area contributed by atoms with E-state index in [1.165, 1.54) is 5.57 Å². The number of hydrogen-bond donors (Lipinski definition) is 1. The third-order valence-electron chi connectivity index (χ3n) is 10.1. The van der Waals surface area contributed by atoms with Gasteiger partial charge in [0.2, 0.25) is 0 Å². The number of esters is 1. The van der Waals surface area contributed by atoms with E-state index in [1.807, 2.05) is 25.1 Å². The second kappa shape index (κ2) is 15.6. The van der Waals surface area contributed by atoms with Crippen molar-refractivity contribution in [1.29, 1.82) is 0 Å². The minimum atomic E-state index is -2.33. The Bertz CT molecular complexity index is 1470. The number of fused-ring (bicyclic) bond motifs is 1. The molecule has 10 heteroatoms. The number of cyclic esters (lactones) is 1. The van der Waals surface area contributed by atoms with Gasteiger partial charge < -0.3 is 19.0 Å². The molecule has 0 amide bonds. The van der Waals surface area contributed by atoms with Gasteiger partial charge in [-0.1, -0.05) is 51.5 Å². The fraction of sp³-hybridized carbons (Fsp3) is 0.622. The van der Waals surface area contributed by atoms with Crippen LogP contribution in [0.5, 0.6) is 0 Å². The molecular formula is C37H55NO7SSi. The maximum atomic E-state index is 14.7. The predicted octanol–water partition coefficient (Wildman–Crippen LogP) is 9.98. The molecule has 0 radical (unpaired) electrons. The fourth-order valence-electron chi connectivity index (χ4n) is 6.03. The lowest BCUT2D eigenvalue weighted by Crippen LogP contribution is -2.52. The molecule has 1 aliphatic heterocycles. The summed E-state index contributed by atoms with van der Waals surface area (Å²) in [5.74, 6) is -1.42. The van der Waals surface area contributed by atoms with Gasteiger partial charge in [0, 0.05) is 12.3 Å². The van der Waals surface area contributed by atoms with Crippen molar-refractivity contribution in [2.75, 3.05) is 0 Å². The summed E-state index contributed by atoms with van der Waals surface area (Å²) >= 11 is 1.60. The minimum Gasteiger partial charge on any atom is -0.457 e. The number of ether oxygens (including phenoxy) is 2. The summed E-state index contributed by atoms with van der Waals surface area (Å²) in [7, 11) is -2.33. The number of aryl methyl sites for hydroxylation is 1. The van der Waals surface area contributed by atoms with Gasteiger partial charge in [0.25, 0.3) is 0 Å². The first-order chi connectivity index (χ1) is 21.8. The van der Waals surface area contributed by atoms with Crippen LogP contribution >= 0.6 is 11.3 Å².